The first-order valence-corrected chi connectivity index (χ1v) is 10.5. The molecule has 13 heteroatoms. The maximum Gasteiger partial charge on any atom is 1.00 e. The number of hydrogen-bond acceptors (Lipinski definition) is 8. The van der Waals surface area contributed by atoms with Crippen molar-refractivity contribution in [3.05, 3.63) is 54.1 Å². The number of aryl methyl sites for hydroxylation is 1. The van der Waals surface area contributed by atoms with E-state index in [-0.39, 0.29) is 69.9 Å². The largest absolute Gasteiger partial charge is 1.00 e. The van der Waals surface area contributed by atoms with Crippen molar-refractivity contribution in [2.45, 2.75) is 16.7 Å². The molecule has 0 heterocycles. The zero-order chi connectivity index (χ0) is 20.7. The van der Waals surface area contributed by atoms with E-state index in [1.54, 1.807) is 31.2 Å². The van der Waals surface area contributed by atoms with Gasteiger partial charge in [-0.2, -0.15) is 13.5 Å². The summed E-state index contributed by atoms with van der Waals surface area (Å²) in [6.45, 7) is 1.74. The molecule has 0 amide bonds. The van der Waals surface area contributed by atoms with E-state index in [9.17, 15) is 31.0 Å². The summed E-state index contributed by atoms with van der Waals surface area (Å²) >= 11 is 0. The van der Waals surface area contributed by atoms with Crippen molar-refractivity contribution in [2.75, 3.05) is 0 Å². The Morgan fingerprint density at radius 3 is 2.13 bits per heavy atom. The smallest absolute Gasteiger partial charge is 0.871 e. The first-order chi connectivity index (χ1) is 13.0. The second-order valence-electron chi connectivity index (χ2n) is 5.85. The monoisotopic (exact) mass is 466 g/mol. The van der Waals surface area contributed by atoms with Gasteiger partial charge in [0, 0.05) is 0 Å². The van der Waals surface area contributed by atoms with Gasteiger partial charge in [0.15, 0.2) is 0 Å². The van der Waals surface area contributed by atoms with Gasteiger partial charge in [-0.1, -0.05) is 30.0 Å². The van der Waals surface area contributed by atoms with Crippen LogP contribution < -0.4 is 64.2 Å². The van der Waals surface area contributed by atoms with Crippen LogP contribution in [-0.2, 0) is 20.2 Å². The van der Waals surface area contributed by atoms with Gasteiger partial charge >= 0.3 is 59.1 Å². The summed E-state index contributed by atoms with van der Waals surface area (Å²) in [4.78, 5) is -1.49. The summed E-state index contributed by atoms with van der Waals surface area (Å²) in [7, 11) is -9.71. The van der Waals surface area contributed by atoms with Crippen LogP contribution in [0.15, 0.2) is 68.6 Å². The maximum atomic E-state index is 12.7. The van der Waals surface area contributed by atoms with Crippen LogP contribution in [0.2, 0.25) is 0 Å². The molecule has 0 saturated carbocycles. The number of azo groups is 1. The molecule has 0 radical (unpaired) electrons. The molecule has 0 atom stereocenters. The van der Waals surface area contributed by atoms with Gasteiger partial charge in [-0.05, 0) is 47.5 Å². The Balaban J connectivity index is 0.00000225. The number of nitrogens with zero attached hydrogens (tertiary/aromatic N) is 2. The second kappa shape index (κ2) is 10.2. The van der Waals surface area contributed by atoms with E-state index >= 15 is 0 Å². The van der Waals surface area contributed by atoms with Gasteiger partial charge in [0.1, 0.15) is 15.0 Å². The summed E-state index contributed by atoms with van der Waals surface area (Å²) in [6.07, 6.45) is 0. The van der Waals surface area contributed by atoms with Crippen molar-refractivity contribution in [1.82, 2.24) is 0 Å². The molecule has 0 aliphatic rings. The van der Waals surface area contributed by atoms with Crippen LogP contribution in [0.4, 0.5) is 11.4 Å². The molecule has 30 heavy (non-hydrogen) atoms. The Bertz CT molecular complexity index is 1340. The van der Waals surface area contributed by atoms with Crippen LogP contribution in [-0.4, -0.2) is 25.9 Å². The van der Waals surface area contributed by atoms with Gasteiger partial charge in [0.2, 0.25) is 0 Å². The van der Waals surface area contributed by atoms with Crippen molar-refractivity contribution in [3.8, 4) is 5.75 Å². The molecule has 9 nitrogen and oxygen atoms in total. The maximum absolute atomic E-state index is 12.7. The predicted octanol–water partition coefficient (Wildman–Crippen LogP) is -3.20. The van der Waals surface area contributed by atoms with E-state index < -0.39 is 41.5 Å². The Hall–Kier alpha value is -0.860. The van der Waals surface area contributed by atoms with E-state index in [0.29, 0.717) is 5.69 Å². The van der Waals surface area contributed by atoms with E-state index in [2.05, 4.69) is 10.2 Å². The third kappa shape index (κ3) is 5.88. The Morgan fingerprint density at radius 1 is 0.933 bits per heavy atom. The van der Waals surface area contributed by atoms with Gasteiger partial charge in [0.05, 0.1) is 16.3 Å². The summed E-state index contributed by atoms with van der Waals surface area (Å²) in [5.41, 5.74) is 0.477. The molecule has 0 spiro atoms. The van der Waals surface area contributed by atoms with Crippen molar-refractivity contribution >= 4 is 42.4 Å². The molecule has 0 unspecified atom stereocenters. The Kier molecular flexibility index (Phi) is 9.21. The molecule has 0 fully saturated rings. The first kappa shape index (κ1) is 27.2. The predicted molar refractivity (Wildman–Crippen MR) is 96.5 cm³/mol. The quantitative estimate of drug-likeness (QED) is 0.241. The number of hydrogen-bond donors (Lipinski definition) is 1. The van der Waals surface area contributed by atoms with E-state index in [0.717, 1.165) is 29.8 Å². The molecule has 3 aromatic rings. The summed E-state index contributed by atoms with van der Waals surface area (Å²) in [6, 6.07) is 10.5. The van der Waals surface area contributed by atoms with E-state index in [1.807, 2.05) is 0 Å². The van der Waals surface area contributed by atoms with Crippen LogP contribution in [0.5, 0.6) is 5.75 Å². The normalized spacial score (nSPS) is 11.8. The number of benzene rings is 3. The van der Waals surface area contributed by atoms with Gasteiger partial charge in [0.25, 0.3) is 10.1 Å². The van der Waals surface area contributed by atoms with Gasteiger partial charge in [-0.3, -0.25) is 4.55 Å². The van der Waals surface area contributed by atoms with Gasteiger partial charge < -0.3 is 9.66 Å². The fraction of sp³-hybridized carbons (Fsp3) is 0.0588. The Morgan fingerprint density at radius 2 is 1.57 bits per heavy atom. The van der Waals surface area contributed by atoms with Crippen LogP contribution in [0, 0.1) is 6.92 Å². The molecular formula is C17H12N2Na2O7S2. The topological polar surface area (TPSA) is 159 Å². The number of rotatable bonds is 4. The van der Waals surface area contributed by atoms with Crippen LogP contribution >= 0.6 is 0 Å². The van der Waals surface area contributed by atoms with Crippen molar-refractivity contribution in [1.29, 1.82) is 0 Å². The van der Waals surface area contributed by atoms with Gasteiger partial charge in [-0.15, -0.1) is 5.11 Å². The van der Waals surface area contributed by atoms with Crippen LogP contribution in [0.25, 0.3) is 10.8 Å². The summed E-state index contributed by atoms with van der Waals surface area (Å²) in [5, 5.41) is 20.1. The third-order valence-corrected chi connectivity index (χ3v) is 5.64. The molecule has 3 aromatic carbocycles. The molecule has 146 valence electrons. The average molecular weight is 466 g/mol. The zero-order valence-electron chi connectivity index (χ0n) is 16.2. The van der Waals surface area contributed by atoms with Crippen molar-refractivity contribution in [2.24, 2.45) is 10.2 Å². The minimum absolute atomic E-state index is 0. The van der Waals surface area contributed by atoms with Crippen LogP contribution in [0.3, 0.4) is 0 Å². The minimum atomic E-state index is -4.89. The molecular weight excluding hydrogens is 454 g/mol. The van der Waals surface area contributed by atoms with E-state index in [1.165, 1.54) is 0 Å². The third-order valence-electron chi connectivity index (χ3n) is 3.94. The SMILES string of the molecule is Cc1ccccc1N=Nc1c(S(=O)(=O)O)cc2cc(S(=O)(=O)[O-])ccc2c1[O-].[Na+].[Na+]. The second-order valence-corrected chi connectivity index (χ2v) is 8.62. The molecule has 3 rings (SSSR count). The fourth-order valence-electron chi connectivity index (χ4n) is 2.54. The average Bonchev–Trinajstić information content (AvgIpc) is 2.60. The Labute approximate surface area is 217 Å². The van der Waals surface area contributed by atoms with E-state index in [4.69, 9.17) is 0 Å². The molecule has 0 aromatic heterocycles. The standard InChI is InChI=1S/C17H14N2O7S2.2Na/c1-10-4-2-3-5-14(10)18-19-16-15(28(24,25)26)9-11-8-12(27(21,22)23)6-7-13(11)17(16)20;;/h2-9,20H,1H3,(H,21,22,23)(H,24,25,26);;/q;2*+1/p-2. The minimum Gasteiger partial charge on any atom is -0.871 e. The van der Waals surface area contributed by atoms with Crippen molar-refractivity contribution in [3.63, 3.8) is 0 Å². The zero-order valence-corrected chi connectivity index (χ0v) is 21.9. The van der Waals surface area contributed by atoms with Gasteiger partial charge in [-0.25, -0.2) is 8.42 Å². The summed E-state index contributed by atoms with van der Waals surface area (Å²) < 4.78 is 66.5. The molecule has 0 aliphatic carbocycles. The number of fused-ring (bicyclic) bond motifs is 1. The fourth-order valence-corrected chi connectivity index (χ4v) is 3.70. The molecule has 0 saturated heterocycles. The summed E-state index contributed by atoms with van der Waals surface area (Å²) in [5.74, 6) is -0.891. The first-order valence-electron chi connectivity index (χ1n) is 7.67. The molecule has 0 aliphatic heterocycles. The van der Waals surface area contributed by atoms with Crippen LogP contribution in [0.1, 0.15) is 5.56 Å². The molecule has 0 bridgehead atoms. The molecule has 1 N–H and O–H groups in total. The van der Waals surface area contributed by atoms with Crippen molar-refractivity contribution < 1.29 is 90.2 Å².